The Kier molecular flexibility index (Phi) is 4.38. The molecular weight excluding hydrogens is 346 g/mol. The van der Waals surface area contributed by atoms with E-state index >= 15 is 0 Å². The summed E-state index contributed by atoms with van der Waals surface area (Å²) in [6.07, 6.45) is -0.950. The Bertz CT molecular complexity index is 1030. The zero-order chi connectivity index (χ0) is 18.8. The maximum Gasteiger partial charge on any atom is 0.338 e. The number of rotatable bonds is 4. The molecule has 136 valence electrons. The Labute approximate surface area is 155 Å². The summed E-state index contributed by atoms with van der Waals surface area (Å²) in [5, 5.41) is 4.67. The molecule has 27 heavy (non-hydrogen) atoms. The molecule has 1 atom stereocenters. The average molecular weight is 363 g/mol. The second-order valence-corrected chi connectivity index (χ2v) is 6.17. The smallest absolute Gasteiger partial charge is 0.338 e. The van der Waals surface area contributed by atoms with Crippen molar-refractivity contribution in [3.8, 4) is 11.5 Å². The van der Waals surface area contributed by atoms with Crippen LogP contribution in [0.4, 0.5) is 5.69 Å². The fourth-order valence-corrected chi connectivity index (χ4v) is 2.82. The Balaban J connectivity index is 1.42. The van der Waals surface area contributed by atoms with Gasteiger partial charge in [0.2, 0.25) is 6.79 Å². The minimum Gasteiger partial charge on any atom is -0.454 e. The standard InChI is InChI=1S/C21H17NO5/c1-13(20(23)22-17-8-9-18-19(11-17)26-12-25-18)27-21(24)16-7-6-14-4-2-3-5-15(14)10-16/h2-11,13H,12H2,1H3,(H,22,23). The molecule has 1 amide bonds. The lowest BCUT2D eigenvalue weighted by molar-refractivity contribution is -0.123. The second kappa shape index (κ2) is 6.99. The third-order valence-electron chi connectivity index (χ3n) is 4.28. The van der Waals surface area contributed by atoms with Gasteiger partial charge in [-0.2, -0.15) is 0 Å². The Morgan fingerprint density at radius 1 is 0.963 bits per heavy atom. The van der Waals surface area contributed by atoms with Gasteiger partial charge in [0.25, 0.3) is 5.91 Å². The van der Waals surface area contributed by atoms with E-state index in [4.69, 9.17) is 14.2 Å². The first kappa shape index (κ1) is 16.9. The van der Waals surface area contributed by atoms with Crippen LogP contribution in [-0.2, 0) is 9.53 Å². The van der Waals surface area contributed by atoms with E-state index in [1.807, 2.05) is 30.3 Å². The second-order valence-electron chi connectivity index (χ2n) is 6.17. The number of fused-ring (bicyclic) bond motifs is 2. The molecule has 1 unspecified atom stereocenters. The number of carbonyl (C=O) groups is 2. The number of hydrogen-bond donors (Lipinski definition) is 1. The monoisotopic (exact) mass is 363 g/mol. The predicted molar refractivity (Wildman–Crippen MR) is 100 cm³/mol. The van der Waals surface area contributed by atoms with Crippen LogP contribution in [0.15, 0.2) is 60.7 Å². The number of anilines is 1. The van der Waals surface area contributed by atoms with Crippen LogP contribution < -0.4 is 14.8 Å². The van der Waals surface area contributed by atoms with Crippen molar-refractivity contribution in [2.75, 3.05) is 12.1 Å². The Morgan fingerprint density at radius 3 is 2.59 bits per heavy atom. The molecule has 1 N–H and O–H groups in total. The van der Waals surface area contributed by atoms with Crippen molar-refractivity contribution < 1.29 is 23.8 Å². The van der Waals surface area contributed by atoms with E-state index in [-0.39, 0.29) is 6.79 Å². The zero-order valence-electron chi connectivity index (χ0n) is 14.6. The van der Waals surface area contributed by atoms with Crippen LogP contribution >= 0.6 is 0 Å². The van der Waals surface area contributed by atoms with E-state index < -0.39 is 18.0 Å². The van der Waals surface area contributed by atoms with Crippen LogP contribution in [0.5, 0.6) is 11.5 Å². The van der Waals surface area contributed by atoms with Gasteiger partial charge >= 0.3 is 5.97 Å². The molecule has 0 radical (unpaired) electrons. The Hall–Kier alpha value is -3.54. The van der Waals surface area contributed by atoms with Crippen molar-refractivity contribution in [2.45, 2.75) is 13.0 Å². The summed E-state index contributed by atoms with van der Waals surface area (Å²) in [7, 11) is 0. The van der Waals surface area contributed by atoms with Crippen LogP contribution in [0.1, 0.15) is 17.3 Å². The van der Waals surface area contributed by atoms with Gasteiger partial charge in [0.1, 0.15) is 0 Å². The quantitative estimate of drug-likeness (QED) is 0.715. The summed E-state index contributed by atoms with van der Waals surface area (Å²) in [6.45, 7) is 1.69. The third kappa shape index (κ3) is 3.55. The van der Waals surface area contributed by atoms with E-state index in [9.17, 15) is 9.59 Å². The van der Waals surface area contributed by atoms with Gasteiger partial charge in [-0.25, -0.2) is 4.79 Å². The molecule has 0 aromatic heterocycles. The molecule has 4 rings (SSSR count). The summed E-state index contributed by atoms with van der Waals surface area (Å²) >= 11 is 0. The highest BCUT2D eigenvalue weighted by Gasteiger charge is 2.20. The van der Waals surface area contributed by atoms with Crippen LogP contribution in [0.2, 0.25) is 0 Å². The van der Waals surface area contributed by atoms with Gasteiger partial charge in [-0.1, -0.05) is 30.3 Å². The van der Waals surface area contributed by atoms with Crippen LogP contribution in [0, 0.1) is 0 Å². The predicted octanol–water partition coefficient (Wildman–Crippen LogP) is 3.75. The van der Waals surface area contributed by atoms with Crippen LogP contribution in [-0.4, -0.2) is 24.8 Å². The molecular formula is C21H17NO5. The minimum absolute atomic E-state index is 0.159. The summed E-state index contributed by atoms with van der Waals surface area (Å²) in [4.78, 5) is 24.7. The number of amides is 1. The fraction of sp³-hybridized carbons (Fsp3) is 0.143. The normalized spacial score (nSPS) is 13.2. The molecule has 0 saturated heterocycles. The van der Waals surface area contributed by atoms with E-state index in [2.05, 4.69) is 5.32 Å². The molecule has 3 aromatic carbocycles. The van der Waals surface area contributed by atoms with Gasteiger partial charge in [-0.15, -0.1) is 0 Å². The van der Waals surface area contributed by atoms with Gasteiger partial charge in [0, 0.05) is 11.8 Å². The highest BCUT2D eigenvalue weighted by molar-refractivity contribution is 5.99. The highest BCUT2D eigenvalue weighted by Crippen LogP contribution is 2.34. The van der Waals surface area contributed by atoms with Crippen LogP contribution in [0.25, 0.3) is 10.8 Å². The van der Waals surface area contributed by atoms with E-state index in [0.717, 1.165) is 10.8 Å². The number of nitrogens with one attached hydrogen (secondary N) is 1. The molecule has 6 nitrogen and oxygen atoms in total. The average Bonchev–Trinajstić information content (AvgIpc) is 3.15. The Morgan fingerprint density at radius 2 is 1.74 bits per heavy atom. The minimum atomic E-state index is -0.950. The first-order valence-corrected chi connectivity index (χ1v) is 8.50. The lowest BCUT2D eigenvalue weighted by Crippen LogP contribution is -2.30. The summed E-state index contributed by atoms with van der Waals surface area (Å²) in [5.41, 5.74) is 0.939. The molecule has 0 aliphatic carbocycles. The van der Waals surface area contributed by atoms with E-state index in [1.165, 1.54) is 6.92 Å². The van der Waals surface area contributed by atoms with Gasteiger partial charge in [0.05, 0.1) is 5.56 Å². The van der Waals surface area contributed by atoms with Gasteiger partial charge < -0.3 is 19.5 Å². The van der Waals surface area contributed by atoms with Crippen molar-refractivity contribution >= 4 is 28.3 Å². The van der Waals surface area contributed by atoms with E-state index in [1.54, 1.807) is 30.3 Å². The van der Waals surface area contributed by atoms with Crippen molar-refractivity contribution in [1.82, 2.24) is 0 Å². The van der Waals surface area contributed by atoms with Crippen molar-refractivity contribution in [1.29, 1.82) is 0 Å². The lowest BCUT2D eigenvalue weighted by Gasteiger charge is -2.14. The zero-order valence-corrected chi connectivity index (χ0v) is 14.6. The summed E-state index contributed by atoms with van der Waals surface area (Å²) in [5.74, 6) is 0.217. The molecule has 6 heteroatoms. The first-order chi connectivity index (χ1) is 13.1. The molecule has 0 spiro atoms. The fourth-order valence-electron chi connectivity index (χ4n) is 2.82. The number of hydrogen-bond acceptors (Lipinski definition) is 5. The maximum absolute atomic E-state index is 12.4. The summed E-state index contributed by atoms with van der Waals surface area (Å²) in [6, 6.07) is 18.1. The largest absolute Gasteiger partial charge is 0.454 e. The number of carbonyl (C=O) groups excluding carboxylic acids is 2. The maximum atomic E-state index is 12.4. The molecule has 1 aliphatic rings. The SMILES string of the molecule is CC(OC(=O)c1ccc2ccccc2c1)C(=O)Nc1ccc2c(c1)OCO2. The van der Waals surface area contributed by atoms with Crippen molar-refractivity contribution in [3.63, 3.8) is 0 Å². The molecule has 3 aromatic rings. The number of ether oxygens (including phenoxy) is 3. The first-order valence-electron chi connectivity index (χ1n) is 8.50. The van der Waals surface area contributed by atoms with Crippen molar-refractivity contribution in [3.05, 3.63) is 66.2 Å². The number of esters is 1. The topological polar surface area (TPSA) is 73.9 Å². The lowest BCUT2D eigenvalue weighted by atomic mass is 10.1. The molecule has 1 heterocycles. The molecule has 1 aliphatic heterocycles. The van der Waals surface area contributed by atoms with Crippen LogP contribution in [0.3, 0.4) is 0 Å². The highest BCUT2D eigenvalue weighted by atomic mass is 16.7. The molecule has 0 bridgehead atoms. The van der Waals surface area contributed by atoms with E-state index in [0.29, 0.717) is 22.7 Å². The van der Waals surface area contributed by atoms with Gasteiger partial charge in [-0.05, 0) is 42.0 Å². The third-order valence-corrected chi connectivity index (χ3v) is 4.28. The molecule has 0 saturated carbocycles. The van der Waals surface area contributed by atoms with Crippen molar-refractivity contribution in [2.24, 2.45) is 0 Å². The number of benzene rings is 3. The van der Waals surface area contributed by atoms with Gasteiger partial charge in [0.15, 0.2) is 17.6 Å². The molecule has 0 fully saturated rings. The van der Waals surface area contributed by atoms with Gasteiger partial charge in [-0.3, -0.25) is 4.79 Å². The summed E-state index contributed by atoms with van der Waals surface area (Å²) < 4.78 is 15.8.